The zero-order valence-corrected chi connectivity index (χ0v) is 10.4. The van der Waals surface area contributed by atoms with Gasteiger partial charge in [-0.1, -0.05) is 13.3 Å². The van der Waals surface area contributed by atoms with Crippen molar-refractivity contribution in [3.8, 4) is 17.1 Å². The minimum Gasteiger partial charge on any atom is -0.497 e. The van der Waals surface area contributed by atoms with E-state index in [-0.39, 0.29) is 0 Å². The van der Waals surface area contributed by atoms with Crippen LogP contribution in [0.15, 0.2) is 36.7 Å². The highest BCUT2D eigenvalue weighted by Gasteiger charge is 2.12. The van der Waals surface area contributed by atoms with Crippen LogP contribution in [0.25, 0.3) is 11.4 Å². The Kier molecular flexibility index (Phi) is 3.81. The third-order valence-corrected chi connectivity index (χ3v) is 2.88. The lowest BCUT2D eigenvalue weighted by Gasteiger charge is -2.02. The number of methoxy groups -OCH3 is 1. The summed E-state index contributed by atoms with van der Waals surface area (Å²) in [5, 5.41) is 0. The highest BCUT2D eigenvalue weighted by Crippen LogP contribution is 2.18. The summed E-state index contributed by atoms with van der Waals surface area (Å²) < 4.78 is 7.42. The van der Waals surface area contributed by atoms with Crippen molar-refractivity contribution in [1.29, 1.82) is 0 Å². The smallest absolute Gasteiger partial charge is 0.286 e. The van der Waals surface area contributed by atoms with Gasteiger partial charge in [-0.2, -0.15) is 0 Å². The van der Waals surface area contributed by atoms with Gasteiger partial charge in [0.2, 0.25) is 0 Å². The van der Waals surface area contributed by atoms with Gasteiger partial charge in [-0.25, -0.2) is 9.55 Å². The highest BCUT2D eigenvalue weighted by molar-refractivity contribution is 5.53. The number of aromatic amines is 1. The first kappa shape index (κ1) is 11.7. The van der Waals surface area contributed by atoms with Gasteiger partial charge in [0.15, 0.2) is 0 Å². The Morgan fingerprint density at radius 3 is 2.65 bits per heavy atom. The fourth-order valence-electron chi connectivity index (χ4n) is 1.88. The second-order valence-corrected chi connectivity index (χ2v) is 4.08. The van der Waals surface area contributed by atoms with Gasteiger partial charge < -0.3 is 4.74 Å². The molecular weight excluding hydrogens is 212 g/mol. The maximum atomic E-state index is 5.16. The first-order valence-corrected chi connectivity index (χ1v) is 6.06. The number of imidazole rings is 1. The molecule has 2 rings (SSSR count). The van der Waals surface area contributed by atoms with Gasteiger partial charge >= 0.3 is 0 Å². The van der Waals surface area contributed by atoms with E-state index >= 15 is 0 Å². The average Bonchev–Trinajstić information content (AvgIpc) is 2.84. The highest BCUT2D eigenvalue weighted by atomic mass is 16.5. The molecule has 0 fully saturated rings. The minimum atomic E-state index is 0.889. The number of rotatable bonds is 5. The van der Waals surface area contributed by atoms with Crippen molar-refractivity contribution in [3.63, 3.8) is 0 Å². The number of H-pyrrole nitrogens is 1. The molecule has 0 aliphatic rings. The molecular formula is C14H19N2O+. The lowest BCUT2D eigenvalue weighted by molar-refractivity contribution is -0.685. The van der Waals surface area contributed by atoms with Gasteiger partial charge in [0.25, 0.3) is 5.82 Å². The lowest BCUT2D eigenvalue weighted by atomic mass is 10.2. The largest absolute Gasteiger partial charge is 0.497 e. The lowest BCUT2D eigenvalue weighted by Crippen LogP contribution is -2.33. The predicted octanol–water partition coefficient (Wildman–Crippen LogP) is 2.78. The summed E-state index contributed by atoms with van der Waals surface area (Å²) in [7, 11) is 1.69. The normalized spacial score (nSPS) is 10.5. The standard InChI is InChI=1S/C14H18N2O/c1-3-4-10-16-11-9-15-14(16)12-5-7-13(17-2)8-6-12/h5-9,11H,3-4,10H2,1-2H3/p+1. The molecule has 2 aromatic rings. The van der Waals surface area contributed by atoms with Crippen molar-refractivity contribution in [2.75, 3.05) is 7.11 Å². The summed E-state index contributed by atoms with van der Waals surface area (Å²) >= 11 is 0. The van der Waals surface area contributed by atoms with Gasteiger partial charge in [-0.15, -0.1) is 0 Å². The number of nitrogens with zero attached hydrogens (tertiary/aromatic N) is 1. The molecule has 0 aliphatic carbocycles. The summed E-state index contributed by atoms with van der Waals surface area (Å²) in [6, 6.07) is 8.13. The van der Waals surface area contributed by atoms with Gasteiger partial charge in [0, 0.05) is 0 Å². The van der Waals surface area contributed by atoms with Crippen molar-refractivity contribution in [1.82, 2.24) is 4.98 Å². The molecule has 1 N–H and O–H groups in total. The molecule has 0 atom stereocenters. The SMILES string of the molecule is CCCC[n+]1cc[nH]c1-c1ccc(OC)cc1. The molecule has 0 saturated heterocycles. The predicted molar refractivity (Wildman–Crippen MR) is 67.9 cm³/mol. The maximum absolute atomic E-state index is 5.16. The zero-order valence-electron chi connectivity index (χ0n) is 10.4. The molecule has 3 heteroatoms. The van der Waals surface area contributed by atoms with E-state index in [2.05, 4.69) is 34.8 Å². The van der Waals surface area contributed by atoms with E-state index in [4.69, 9.17) is 4.74 Å². The summed E-state index contributed by atoms with van der Waals surface area (Å²) in [4.78, 5) is 3.29. The second-order valence-electron chi connectivity index (χ2n) is 4.08. The molecule has 0 saturated carbocycles. The number of benzene rings is 1. The van der Waals surface area contributed by atoms with E-state index in [0.29, 0.717) is 0 Å². The average molecular weight is 231 g/mol. The zero-order chi connectivity index (χ0) is 12.1. The minimum absolute atomic E-state index is 0.889. The Morgan fingerprint density at radius 1 is 1.24 bits per heavy atom. The summed E-state index contributed by atoms with van der Waals surface area (Å²) in [6.45, 7) is 3.27. The second kappa shape index (κ2) is 5.53. The van der Waals surface area contributed by atoms with Gasteiger partial charge in [-0.05, 0) is 30.7 Å². The number of aryl methyl sites for hydroxylation is 1. The number of unbranched alkanes of at least 4 members (excludes halogenated alkanes) is 1. The third kappa shape index (κ3) is 2.67. The molecule has 1 heterocycles. The number of ether oxygens (including phenoxy) is 1. The van der Waals surface area contributed by atoms with Crippen molar-refractivity contribution >= 4 is 0 Å². The first-order chi connectivity index (χ1) is 8.35. The molecule has 90 valence electrons. The van der Waals surface area contributed by atoms with E-state index in [1.807, 2.05) is 18.3 Å². The first-order valence-electron chi connectivity index (χ1n) is 6.06. The van der Waals surface area contributed by atoms with Crippen LogP contribution in [0.5, 0.6) is 5.75 Å². The Labute approximate surface area is 102 Å². The molecule has 0 unspecified atom stereocenters. The van der Waals surface area contributed by atoms with Crippen LogP contribution in [0.4, 0.5) is 0 Å². The molecule has 1 aromatic carbocycles. The maximum Gasteiger partial charge on any atom is 0.286 e. The van der Waals surface area contributed by atoms with E-state index in [9.17, 15) is 0 Å². The van der Waals surface area contributed by atoms with Crippen LogP contribution in [0, 0.1) is 0 Å². The fourth-order valence-corrected chi connectivity index (χ4v) is 1.88. The number of aromatic nitrogens is 2. The Bertz CT molecular complexity index is 459. The number of hydrogen-bond acceptors (Lipinski definition) is 1. The molecule has 0 spiro atoms. The van der Waals surface area contributed by atoms with E-state index in [1.165, 1.54) is 18.4 Å². The number of nitrogens with one attached hydrogen (secondary N) is 1. The quantitative estimate of drug-likeness (QED) is 0.788. The third-order valence-electron chi connectivity index (χ3n) is 2.88. The molecule has 3 nitrogen and oxygen atoms in total. The van der Waals surface area contributed by atoms with Crippen LogP contribution in [-0.4, -0.2) is 12.1 Å². The molecule has 1 aromatic heterocycles. The molecule has 0 bridgehead atoms. The molecule has 0 aliphatic heterocycles. The molecule has 17 heavy (non-hydrogen) atoms. The Morgan fingerprint density at radius 2 is 2.00 bits per heavy atom. The van der Waals surface area contributed by atoms with Crippen molar-refractivity contribution < 1.29 is 9.30 Å². The van der Waals surface area contributed by atoms with E-state index < -0.39 is 0 Å². The van der Waals surface area contributed by atoms with Crippen LogP contribution in [0.2, 0.25) is 0 Å². The van der Waals surface area contributed by atoms with Crippen molar-refractivity contribution in [2.45, 2.75) is 26.3 Å². The van der Waals surface area contributed by atoms with Gasteiger partial charge in [0.05, 0.1) is 19.2 Å². The van der Waals surface area contributed by atoms with Crippen LogP contribution in [-0.2, 0) is 6.54 Å². The van der Waals surface area contributed by atoms with Gasteiger partial charge in [0.1, 0.15) is 18.1 Å². The summed E-state index contributed by atoms with van der Waals surface area (Å²) in [5.74, 6) is 2.04. The summed E-state index contributed by atoms with van der Waals surface area (Å²) in [5.41, 5.74) is 1.19. The molecule has 0 radical (unpaired) electrons. The van der Waals surface area contributed by atoms with Crippen LogP contribution >= 0.6 is 0 Å². The Balaban J connectivity index is 2.23. The van der Waals surface area contributed by atoms with Crippen LogP contribution in [0.1, 0.15) is 19.8 Å². The monoisotopic (exact) mass is 231 g/mol. The van der Waals surface area contributed by atoms with Gasteiger partial charge in [-0.3, -0.25) is 0 Å². The van der Waals surface area contributed by atoms with E-state index in [1.54, 1.807) is 7.11 Å². The topological polar surface area (TPSA) is 28.9 Å². The summed E-state index contributed by atoms with van der Waals surface area (Å²) in [6.07, 6.45) is 6.48. The van der Waals surface area contributed by atoms with Crippen LogP contribution < -0.4 is 9.30 Å². The molecule has 0 amide bonds. The Hall–Kier alpha value is -1.77. The van der Waals surface area contributed by atoms with E-state index in [0.717, 1.165) is 18.1 Å². The van der Waals surface area contributed by atoms with Crippen molar-refractivity contribution in [2.24, 2.45) is 0 Å². The van der Waals surface area contributed by atoms with Crippen LogP contribution in [0.3, 0.4) is 0 Å². The fraction of sp³-hybridized carbons (Fsp3) is 0.357. The van der Waals surface area contributed by atoms with Crippen molar-refractivity contribution in [3.05, 3.63) is 36.7 Å². The number of hydrogen-bond donors (Lipinski definition) is 1.